The van der Waals surface area contributed by atoms with E-state index < -0.39 is 0 Å². The van der Waals surface area contributed by atoms with Crippen molar-refractivity contribution in [2.24, 2.45) is 0 Å². The third-order valence-electron chi connectivity index (χ3n) is 2.45. The molecule has 7 nitrogen and oxygen atoms in total. The highest BCUT2D eigenvalue weighted by atomic mass is 15.1. The molecule has 0 saturated heterocycles. The zero-order valence-corrected chi connectivity index (χ0v) is 10.1. The zero-order valence-electron chi connectivity index (χ0n) is 10.1. The topological polar surface area (TPSA) is 121 Å². The van der Waals surface area contributed by atoms with Crippen molar-refractivity contribution < 1.29 is 5.41 Å². The van der Waals surface area contributed by atoms with Gasteiger partial charge in [-0.2, -0.15) is 0 Å². The lowest BCUT2D eigenvalue weighted by atomic mass is 10.1. The zero-order chi connectivity index (χ0) is 12.8. The first-order chi connectivity index (χ1) is 7.80. The summed E-state index contributed by atoms with van der Waals surface area (Å²) in [6, 6.07) is 0. The third-order valence-corrected chi connectivity index (χ3v) is 2.45. The molecule has 2 rings (SSSR count). The van der Waals surface area contributed by atoms with Crippen LogP contribution in [0, 0.1) is 0 Å². The summed E-state index contributed by atoms with van der Waals surface area (Å²) in [5.74, 6) is 0.499. The number of hydrogen-bond donors (Lipinski definition) is 3. The van der Waals surface area contributed by atoms with Crippen LogP contribution >= 0.6 is 0 Å². The molecule has 0 radical (unpaired) electrons. The van der Waals surface area contributed by atoms with Gasteiger partial charge in [0.1, 0.15) is 5.52 Å². The number of fused-ring (bicyclic) bond motifs is 1. The van der Waals surface area contributed by atoms with Crippen molar-refractivity contribution in [3.05, 3.63) is 11.9 Å². The van der Waals surface area contributed by atoms with Crippen LogP contribution in [0.2, 0.25) is 0 Å². The van der Waals surface area contributed by atoms with Gasteiger partial charge in [-0.1, -0.05) is 0 Å². The van der Waals surface area contributed by atoms with Crippen LogP contribution in [0.1, 0.15) is 20.8 Å². The van der Waals surface area contributed by atoms with Gasteiger partial charge in [-0.05, 0) is 30.7 Å². The standard InChI is InChI=1S/C10H15N7/c1-10(2,3)17-4-14-5-6(17)8(12)16-9(13)15-7(5)11/h4H,1-3H3,(H5,11,12,13,15,16)/p+1. The molecular formula is C10H16N7+. The van der Waals surface area contributed by atoms with Crippen molar-refractivity contribution >= 4 is 22.7 Å². The van der Waals surface area contributed by atoms with Crippen LogP contribution in [-0.2, 0) is 5.54 Å². The molecule has 0 fully saturated rings. The Bertz CT molecular complexity index is 635. The normalized spacial score (nSPS) is 11.9. The monoisotopic (exact) mass is 234 g/mol. The molecule has 2 aromatic heterocycles. The minimum Gasteiger partial charge on any atom is -0.368 e. The van der Waals surface area contributed by atoms with E-state index in [1.165, 1.54) is 0 Å². The molecule has 2 aromatic rings. The molecule has 0 saturated carbocycles. The number of nitrogens with zero attached hydrogens (tertiary/aromatic N) is 4. The molecule has 0 aliphatic rings. The molecule has 7 heteroatoms. The quantitative estimate of drug-likeness (QED) is 0.507. The smallest absolute Gasteiger partial charge is 0.368 e. The van der Waals surface area contributed by atoms with Crippen molar-refractivity contribution in [2.45, 2.75) is 26.3 Å². The van der Waals surface area contributed by atoms with Crippen molar-refractivity contribution in [3.63, 3.8) is 0 Å². The maximum Gasteiger partial charge on any atom is 0.427 e. The van der Waals surface area contributed by atoms with Crippen molar-refractivity contribution in [3.8, 4) is 0 Å². The van der Waals surface area contributed by atoms with Gasteiger partial charge >= 0.3 is 5.62 Å². The Hall–Kier alpha value is -2.18. The second kappa shape index (κ2) is 3.41. The lowest BCUT2D eigenvalue weighted by Crippen LogP contribution is -2.48. The van der Waals surface area contributed by atoms with Gasteiger partial charge in [-0.3, -0.25) is 5.41 Å². The average Bonchev–Trinajstić information content (AvgIpc) is 2.55. The van der Waals surface area contributed by atoms with E-state index in [9.17, 15) is 0 Å². The highest BCUT2D eigenvalue weighted by Gasteiger charge is 2.21. The summed E-state index contributed by atoms with van der Waals surface area (Å²) in [6.45, 7) is 6.11. The van der Waals surface area contributed by atoms with Crippen molar-refractivity contribution in [1.29, 1.82) is 0 Å². The first-order valence-electron chi connectivity index (χ1n) is 5.20. The summed E-state index contributed by atoms with van der Waals surface area (Å²) in [4.78, 5) is 12.1. The van der Waals surface area contributed by atoms with E-state index >= 15 is 0 Å². The fraction of sp³-hybridized carbons (Fsp3) is 0.400. The predicted molar refractivity (Wildman–Crippen MR) is 64.2 cm³/mol. The molecule has 0 spiro atoms. The molecule has 0 aliphatic carbocycles. The van der Waals surface area contributed by atoms with Gasteiger partial charge in [-0.25, -0.2) is 4.98 Å². The second-order valence-electron chi connectivity index (χ2n) is 4.83. The van der Waals surface area contributed by atoms with Crippen LogP contribution in [0.25, 0.3) is 11.0 Å². The molecule has 0 bridgehead atoms. The van der Waals surface area contributed by atoms with Crippen molar-refractivity contribution in [1.82, 2.24) is 19.5 Å². The minimum atomic E-state index is -0.180. The highest BCUT2D eigenvalue weighted by Crippen LogP contribution is 2.25. The molecule has 0 unspecified atom stereocenters. The second-order valence-corrected chi connectivity index (χ2v) is 4.83. The summed E-state index contributed by atoms with van der Waals surface area (Å²) in [5.41, 5.74) is 12.7. The highest BCUT2D eigenvalue weighted by molar-refractivity contribution is 5.91. The van der Waals surface area contributed by atoms with Crippen LogP contribution < -0.4 is 22.5 Å². The first-order valence-corrected chi connectivity index (χ1v) is 5.20. The number of anilines is 2. The van der Waals surface area contributed by atoms with Crippen molar-refractivity contribution in [2.75, 3.05) is 11.5 Å². The van der Waals surface area contributed by atoms with Crippen LogP contribution in [-0.4, -0.2) is 19.5 Å². The van der Waals surface area contributed by atoms with E-state index in [4.69, 9.17) is 16.9 Å². The molecule has 90 valence electrons. The summed E-state index contributed by atoms with van der Waals surface area (Å²) < 4.78 is 1.90. The summed E-state index contributed by atoms with van der Waals surface area (Å²) in [6.07, 6.45) is 1.68. The van der Waals surface area contributed by atoms with Gasteiger partial charge in [-0.15, -0.1) is 0 Å². The maximum absolute atomic E-state index is 5.90. The van der Waals surface area contributed by atoms with Gasteiger partial charge in [0, 0.05) is 5.54 Å². The maximum atomic E-state index is 5.90. The Morgan fingerprint density at radius 1 is 1.18 bits per heavy atom. The SMILES string of the molecule is CC(C)(C)n1cnc2c(N)nc(=[NH2+])nc(N)c21. The number of nitrogen functional groups attached to an aromatic ring is 2. The summed E-state index contributed by atoms with van der Waals surface area (Å²) >= 11 is 0. The third kappa shape index (κ3) is 1.79. The molecule has 0 amide bonds. The minimum absolute atomic E-state index is 0.0402. The predicted octanol–water partition coefficient (Wildman–Crippen LogP) is -1.59. The number of imidazole rings is 1. The number of hydrogen-bond acceptors (Lipinski definition) is 5. The van der Waals surface area contributed by atoms with Gasteiger partial charge in [0.25, 0.3) is 0 Å². The Kier molecular flexibility index (Phi) is 2.27. The van der Waals surface area contributed by atoms with Crippen LogP contribution in [0.15, 0.2) is 6.33 Å². The van der Waals surface area contributed by atoms with E-state index in [2.05, 4.69) is 15.0 Å². The van der Waals surface area contributed by atoms with Crippen LogP contribution in [0.4, 0.5) is 11.6 Å². The van der Waals surface area contributed by atoms with Crippen LogP contribution in [0.5, 0.6) is 0 Å². The van der Waals surface area contributed by atoms with Gasteiger partial charge in [0.2, 0.25) is 11.6 Å². The molecular weight excluding hydrogens is 218 g/mol. The molecule has 17 heavy (non-hydrogen) atoms. The lowest BCUT2D eigenvalue weighted by Gasteiger charge is -2.21. The van der Waals surface area contributed by atoms with E-state index in [-0.39, 0.29) is 22.8 Å². The fourth-order valence-electron chi connectivity index (χ4n) is 1.67. The molecule has 6 N–H and O–H groups in total. The van der Waals surface area contributed by atoms with E-state index in [0.717, 1.165) is 0 Å². The van der Waals surface area contributed by atoms with Gasteiger partial charge < -0.3 is 16.0 Å². The lowest BCUT2D eigenvalue weighted by molar-refractivity contribution is -0.184. The number of aromatic nitrogens is 4. The number of rotatable bonds is 0. The molecule has 2 heterocycles. The molecule has 0 aliphatic heterocycles. The first kappa shape index (κ1) is 11.3. The molecule has 0 atom stereocenters. The fourth-order valence-corrected chi connectivity index (χ4v) is 1.67. The van der Waals surface area contributed by atoms with Gasteiger partial charge in [0.15, 0.2) is 5.52 Å². The largest absolute Gasteiger partial charge is 0.427 e. The summed E-state index contributed by atoms with van der Waals surface area (Å²) in [5, 5.41) is 5.56. The van der Waals surface area contributed by atoms with E-state index in [1.54, 1.807) is 6.33 Å². The average molecular weight is 234 g/mol. The van der Waals surface area contributed by atoms with Gasteiger partial charge in [0.05, 0.1) is 6.33 Å². The molecule has 0 aromatic carbocycles. The van der Waals surface area contributed by atoms with E-state index in [0.29, 0.717) is 11.0 Å². The Morgan fingerprint density at radius 3 is 2.35 bits per heavy atom. The Balaban J connectivity index is 3.00. The Morgan fingerprint density at radius 2 is 1.76 bits per heavy atom. The van der Waals surface area contributed by atoms with E-state index in [1.807, 2.05) is 25.3 Å². The number of nitrogens with two attached hydrogens (primary N) is 3. The summed E-state index contributed by atoms with van der Waals surface area (Å²) in [7, 11) is 0. The Labute approximate surface area is 98.0 Å². The van der Waals surface area contributed by atoms with Crippen LogP contribution in [0.3, 0.4) is 0 Å².